The minimum absolute atomic E-state index is 0.0469. The van der Waals surface area contributed by atoms with E-state index >= 15 is 0 Å². The summed E-state index contributed by atoms with van der Waals surface area (Å²) < 4.78 is 0. The summed E-state index contributed by atoms with van der Waals surface area (Å²) in [5.41, 5.74) is 4.72. The number of hydrogen-bond donors (Lipinski definition) is 1. The van der Waals surface area contributed by atoms with Gasteiger partial charge in [-0.15, -0.1) is 0 Å². The van der Waals surface area contributed by atoms with Crippen LogP contribution in [0.15, 0.2) is 73.1 Å². The summed E-state index contributed by atoms with van der Waals surface area (Å²) in [5.74, 6) is -0.0469. The number of pyridine rings is 1. The van der Waals surface area contributed by atoms with Gasteiger partial charge in [-0.1, -0.05) is 30.3 Å². The van der Waals surface area contributed by atoms with Gasteiger partial charge in [0.1, 0.15) is 0 Å². The van der Waals surface area contributed by atoms with Crippen molar-refractivity contribution < 1.29 is 4.79 Å². The van der Waals surface area contributed by atoms with E-state index in [1.54, 1.807) is 17.3 Å². The zero-order valence-corrected chi connectivity index (χ0v) is 16.7. The number of aromatic nitrogens is 1. The molecule has 1 aromatic heterocycles. The zero-order valence-electron chi connectivity index (χ0n) is 16.7. The van der Waals surface area contributed by atoms with Crippen molar-refractivity contribution in [2.75, 3.05) is 30.4 Å². The molecule has 1 aliphatic heterocycles. The molecule has 1 saturated heterocycles. The van der Waals surface area contributed by atoms with E-state index in [-0.39, 0.29) is 5.91 Å². The van der Waals surface area contributed by atoms with Gasteiger partial charge in [-0.3, -0.25) is 9.78 Å². The summed E-state index contributed by atoms with van der Waals surface area (Å²) in [7, 11) is 1.81. The SMILES string of the molecule is CN(Cc1ccccc1)C(=O)c1cncc(Nc2ccc(N3CCCC3)cc2)c1. The first-order chi connectivity index (χ1) is 14.2. The maximum absolute atomic E-state index is 12.8. The Morgan fingerprint density at radius 1 is 1.00 bits per heavy atom. The molecule has 2 heterocycles. The highest BCUT2D eigenvalue weighted by atomic mass is 16.2. The molecule has 29 heavy (non-hydrogen) atoms. The van der Waals surface area contributed by atoms with Gasteiger partial charge in [0.2, 0.25) is 0 Å². The van der Waals surface area contributed by atoms with Crippen molar-refractivity contribution in [1.29, 1.82) is 0 Å². The lowest BCUT2D eigenvalue weighted by molar-refractivity contribution is 0.0784. The Hall–Kier alpha value is -3.34. The minimum atomic E-state index is -0.0469. The van der Waals surface area contributed by atoms with Crippen molar-refractivity contribution in [1.82, 2.24) is 9.88 Å². The van der Waals surface area contributed by atoms with E-state index in [9.17, 15) is 4.79 Å². The van der Waals surface area contributed by atoms with Crippen molar-refractivity contribution in [2.24, 2.45) is 0 Å². The Bertz CT molecular complexity index is 950. The topological polar surface area (TPSA) is 48.5 Å². The first-order valence-corrected chi connectivity index (χ1v) is 10.1. The van der Waals surface area contributed by atoms with Gasteiger partial charge < -0.3 is 15.1 Å². The maximum Gasteiger partial charge on any atom is 0.255 e. The summed E-state index contributed by atoms with van der Waals surface area (Å²) >= 11 is 0. The molecule has 0 saturated carbocycles. The van der Waals surface area contributed by atoms with E-state index in [4.69, 9.17) is 0 Å². The highest BCUT2D eigenvalue weighted by Gasteiger charge is 2.14. The molecule has 0 radical (unpaired) electrons. The highest BCUT2D eigenvalue weighted by Crippen LogP contribution is 2.24. The molecule has 1 amide bonds. The molecule has 5 nitrogen and oxygen atoms in total. The van der Waals surface area contributed by atoms with Crippen LogP contribution in [0.1, 0.15) is 28.8 Å². The Balaban J connectivity index is 1.42. The Morgan fingerprint density at radius 2 is 1.72 bits per heavy atom. The molecule has 148 valence electrons. The second kappa shape index (κ2) is 8.78. The van der Waals surface area contributed by atoms with Gasteiger partial charge in [-0.2, -0.15) is 0 Å². The lowest BCUT2D eigenvalue weighted by Crippen LogP contribution is -2.26. The van der Waals surface area contributed by atoms with Crippen LogP contribution in [0.5, 0.6) is 0 Å². The van der Waals surface area contributed by atoms with Gasteiger partial charge in [0, 0.05) is 44.3 Å². The molecule has 0 bridgehead atoms. The molecule has 0 unspecified atom stereocenters. The zero-order chi connectivity index (χ0) is 20.1. The monoisotopic (exact) mass is 386 g/mol. The van der Waals surface area contributed by atoms with Gasteiger partial charge in [0.05, 0.1) is 17.4 Å². The third-order valence-corrected chi connectivity index (χ3v) is 5.22. The second-order valence-corrected chi connectivity index (χ2v) is 7.48. The fraction of sp³-hybridized carbons (Fsp3) is 0.250. The number of rotatable bonds is 6. The molecule has 0 aliphatic carbocycles. The molecule has 3 aromatic rings. The number of carbonyl (C=O) groups is 1. The molecular formula is C24H26N4O. The summed E-state index contributed by atoms with van der Waals surface area (Å²) in [6, 6.07) is 20.3. The first kappa shape index (κ1) is 19.0. The average Bonchev–Trinajstić information content (AvgIpc) is 3.29. The van der Waals surface area contributed by atoms with Crippen LogP contribution in [0.25, 0.3) is 0 Å². The van der Waals surface area contributed by atoms with Gasteiger partial charge in [-0.05, 0) is 48.7 Å². The van der Waals surface area contributed by atoms with Crippen LogP contribution in [-0.4, -0.2) is 35.9 Å². The lowest BCUT2D eigenvalue weighted by atomic mass is 10.2. The van der Waals surface area contributed by atoms with Gasteiger partial charge in [0.25, 0.3) is 5.91 Å². The van der Waals surface area contributed by atoms with Crippen LogP contribution < -0.4 is 10.2 Å². The van der Waals surface area contributed by atoms with E-state index in [1.807, 2.05) is 43.4 Å². The fourth-order valence-corrected chi connectivity index (χ4v) is 3.67. The van der Waals surface area contributed by atoms with Crippen LogP contribution in [0.4, 0.5) is 17.1 Å². The summed E-state index contributed by atoms with van der Waals surface area (Å²) in [5, 5.41) is 3.35. The quantitative estimate of drug-likeness (QED) is 0.667. The van der Waals surface area contributed by atoms with Crippen molar-refractivity contribution in [3.05, 3.63) is 84.2 Å². The molecule has 0 spiro atoms. The number of nitrogens with one attached hydrogen (secondary N) is 1. The molecule has 0 atom stereocenters. The second-order valence-electron chi connectivity index (χ2n) is 7.48. The van der Waals surface area contributed by atoms with Crippen molar-refractivity contribution >= 4 is 23.0 Å². The maximum atomic E-state index is 12.8. The molecule has 5 heteroatoms. The number of anilines is 3. The lowest BCUT2D eigenvalue weighted by Gasteiger charge is -2.18. The van der Waals surface area contributed by atoms with Crippen LogP contribution in [-0.2, 0) is 6.54 Å². The smallest absolute Gasteiger partial charge is 0.255 e. The summed E-state index contributed by atoms with van der Waals surface area (Å²) in [4.78, 5) is 21.2. The van der Waals surface area contributed by atoms with Crippen LogP contribution >= 0.6 is 0 Å². The molecule has 1 N–H and O–H groups in total. The Kier molecular flexibility index (Phi) is 5.75. The Labute approximate surface area is 172 Å². The van der Waals surface area contributed by atoms with Crippen LogP contribution in [0.2, 0.25) is 0 Å². The normalized spacial score (nSPS) is 13.3. The molecule has 1 aliphatic rings. The van der Waals surface area contributed by atoms with Crippen molar-refractivity contribution in [3.8, 4) is 0 Å². The Morgan fingerprint density at radius 3 is 2.45 bits per heavy atom. The third-order valence-electron chi connectivity index (χ3n) is 5.22. The number of amides is 1. The number of benzene rings is 2. The molecule has 4 rings (SSSR count). The first-order valence-electron chi connectivity index (χ1n) is 10.1. The standard InChI is InChI=1S/C24H26N4O/c1-27(18-19-7-3-2-4-8-19)24(29)20-15-22(17-25-16-20)26-21-9-11-23(12-10-21)28-13-5-6-14-28/h2-4,7-12,15-17,26H,5-6,13-14,18H2,1H3. The number of carbonyl (C=O) groups excluding carboxylic acids is 1. The predicted octanol–water partition coefficient (Wildman–Crippen LogP) is 4.70. The van der Waals surface area contributed by atoms with Crippen molar-refractivity contribution in [3.63, 3.8) is 0 Å². The van der Waals surface area contributed by atoms with E-state index in [1.165, 1.54) is 18.5 Å². The van der Waals surface area contributed by atoms with Gasteiger partial charge in [0.15, 0.2) is 0 Å². The average molecular weight is 386 g/mol. The molecular weight excluding hydrogens is 360 g/mol. The fourth-order valence-electron chi connectivity index (χ4n) is 3.67. The van der Waals surface area contributed by atoms with E-state index in [2.05, 4.69) is 39.5 Å². The van der Waals surface area contributed by atoms with Crippen LogP contribution in [0, 0.1) is 0 Å². The highest BCUT2D eigenvalue weighted by molar-refractivity contribution is 5.94. The van der Waals surface area contributed by atoms with Crippen molar-refractivity contribution in [2.45, 2.75) is 19.4 Å². The van der Waals surface area contributed by atoms with Crippen LogP contribution in [0.3, 0.4) is 0 Å². The number of nitrogens with zero attached hydrogens (tertiary/aromatic N) is 3. The largest absolute Gasteiger partial charge is 0.372 e. The summed E-state index contributed by atoms with van der Waals surface area (Å²) in [6.45, 7) is 2.84. The summed E-state index contributed by atoms with van der Waals surface area (Å²) in [6.07, 6.45) is 5.89. The van der Waals surface area contributed by atoms with E-state index < -0.39 is 0 Å². The predicted molar refractivity (Wildman–Crippen MR) is 118 cm³/mol. The minimum Gasteiger partial charge on any atom is -0.372 e. The van der Waals surface area contributed by atoms with Gasteiger partial charge >= 0.3 is 0 Å². The molecule has 1 fully saturated rings. The van der Waals surface area contributed by atoms with E-state index in [0.29, 0.717) is 12.1 Å². The van der Waals surface area contributed by atoms with E-state index in [0.717, 1.165) is 30.0 Å². The molecule has 2 aromatic carbocycles. The third kappa shape index (κ3) is 4.74. The van der Waals surface area contributed by atoms with Gasteiger partial charge in [-0.25, -0.2) is 0 Å². The number of hydrogen-bond acceptors (Lipinski definition) is 4.